The number of benzene rings is 1. The van der Waals surface area contributed by atoms with Gasteiger partial charge in [0, 0.05) is 22.2 Å². The molecule has 22 heavy (non-hydrogen) atoms. The zero-order valence-corrected chi connectivity index (χ0v) is 13.6. The Kier molecular flexibility index (Phi) is 5.19. The Morgan fingerprint density at radius 3 is 2.50 bits per heavy atom. The van der Waals surface area contributed by atoms with Gasteiger partial charge < -0.3 is 10.4 Å². The first-order valence-electron chi connectivity index (χ1n) is 6.55. The summed E-state index contributed by atoms with van der Waals surface area (Å²) in [7, 11) is 0. The number of aryl methyl sites for hydroxylation is 1. The van der Waals surface area contributed by atoms with Crippen LogP contribution in [0.15, 0.2) is 18.2 Å². The number of halogens is 2. The summed E-state index contributed by atoms with van der Waals surface area (Å²) in [6, 6.07) is 7.11. The van der Waals surface area contributed by atoms with Crippen molar-refractivity contribution in [1.82, 2.24) is 10.2 Å². The van der Waals surface area contributed by atoms with Crippen LogP contribution in [0.1, 0.15) is 28.5 Å². The highest BCUT2D eigenvalue weighted by molar-refractivity contribution is 6.36. The molecule has 0 saturated heterocycles. The maximum Gasteiger partial charge on any atom is 0.167 e. The third-order valence-corrected chi connectivity index (χ3v) is 4.02. The van der Waals surface area contributed by atoms with E-state index in [9.17, 15) is 10.4 Å². The number of aliphatic hydroxyl groups excluding tert-OH is 1. The predicted molar refractivity (Wildman–Crippen MR) is 86.1 cm³/mol. The molecule has 0 fully saturated rings. The minimum Gasteiger partial charge on any atom is -0.386 e. The predicted octanol–water partition coefficient (Wildman–Crippen LogP) is 3.42. The van der Waals surface area contributed by atoms with E-state index in [4.69, 9.17) is 23.2 Å². The van der Waals surface area contributed by atoms with Crippen LogP contribution < -0.4 is 5.32 Å². The van der Waals surface area contributed by atoms with Gasteiger partial charge in [0.1, 0.15) is 11.6 Å². The Morgan fingerprint density at radius 2 is 1.91 bits per heavy atom. The number of hydrogen-bond acceptors (Lipinski definition) is 5. The summed E-state index contributed by atoms with van der Waals surface area (Å²) in [6.45, 7) is 3.69. The number of nitrogens with one attached hydrogen (secondary N) is 1. The van der Waals surface area contributed by atoms with Gasteiger partial charge in [-0.15, -0.1) is 5.10 Å². The number of nitrogens with zero attached hydrogens (tertiary/aromatic N) is 3. The lowest BCUT2D eigenvalue weighted by molar-refractivity contribution is 0.191. The van der Waals surface area contributed by atoms with E-state index in [0.717, 1.165) is 5.56 Å². The van der Waals surface area contributed by atoms with E-state index in [2.05, 4.69) is 21.6 Å². The van der Waals surface area contributed by atoms with Gasteiger partial charge >= 0.3 is 0 Å². The summed E-state index contributed by atoms with van der Waals surface area (Å²) >= 11 is 12.1. The molecule has 7 heteroatoms. The lowest BCUT2D eigenvalue weighted by Crippen LogP contribution is -2.16. The standard InChI is InChI=1S/C15H14Cl2N4O/c1-8-9(2)20-21-15(10(8)6-18)19-7-13(22)14-11(16)4-3-5-12(14)17/h3-5,13,22H,7H2,1-2H3,(H,19,21). The van der Waals surface area contributed by atoms with Crippen molar-refractivity contribution in [3.8, 4) is 6.07 Å². The molecule has 0 aliphatic carbocycles. The second kappa shape index (κ2) is 6.93. The SMILES string of the molecule is Cc1nnc(NCC(O)c2c(Cl)cccc2Cl)c(C#N)c1C. The van der Waals surface area contributed by atoms with Crippen LogP contribution in [-0.4, -0.2) is 21.8 Å². The third-order valence-electron chi connectivity index (χ3n) is 3.36. The molecule has 114 valence electrons. The van der Waals surface area contributed by atoms with Crippen molar-refractivity contribution < 1.29 is 5.11 Å². The molecule has 1 heterocycles. The Balaban J connectivity index is 2.21. The van der Waals surface area contributed by atoms with Crippen LogP contribution in [0.5, 0.6) is 0 Å². The van der Waals surface area contributed by atoms with Gasteiger partial charge in [-0.3, -0.25) is 0 Å². The molecule has 5 nitrogen and oxygen atoms in total. The van der Waals surface area contributed by atoms with Crippen LogP contribution in [0.4, 0.5) is 5.82 Å². The molecule has 2 aromatic rings. The number of nitriles is 1. The Bertz CT molecular complexity index is 723. The molecule has 2 N–H and O–H groups in total. The first kappa shape index (κ1) is 16.5. The quantitative estimate of drug-likeness (QED) is 0.893. The van der Waals surface area contributed by atoms with Gasteiger partial charge in [-0.2, -0.15) is 10.4 Å². The average molecular weight is 337 g/mol. The molecule has 0 bridgehead atoms. The zero-order valence-electron chi connectivity index (χ0n) is 12.1. The van der Waals surface area contributed by atoms with Crippen molar-refractivity contribution in [2.75, 3.05) is 11.9 Å². The summed E-state index contributed by atoms with van der Waals surface area (Å²) in [5, 5.41) is 31.1. The maximum absolute atomic E-state index is 10.3. The Hall–Kier alpha value is -1.87. The van der Waals surface area contributed by atoms with E-state index in [0.29, 0.717) is 32.7 Å². The molecular weight excluding hydrogens is 323 g/mol. The van der Waals surface area contributed by atoms with Gasteiger partial charge in [0.2, 0.25) is 0 Å². The monoisotopic (exact) mass is 336 g/mol. The zero-order chi connectivity index (χ0) is 16.3. The highest BCUT2D eigenvalue weighted by Crippen LogP contribution is 2.30. The summed E-state index contributed by atoms with van der Waals surface area (Å²) in [5.41, 5.74) is 2.29. The molecule has 0 aliphatic rings. The number of aromatic nitrogens is 2. The minimum absolute atomic E-state index is 0.106. The van der Waals surface area contributed by atoms with Crippen molar-refractivity contribution in [2.24, 2.45) is 0 Å². The fourth-order valence-electron chi connectivity index (χ4n) is 1.99. The van der Waals surface area contributed by atoms with Crippen molar-refractivity contribution in [2.45, 2.75) is 20.0 Å². The smallest absolute Gasteiger partial charge is 0.167 e. The first-order chi connectivity index (χ1) is 10.5. The average Bonchev–Trinajstić information content (AvgIpc) is 2.48. The van der Waals surface area contributed by atoms with E-state index >= 15 is 0 Å². The van der Waals surface area contributed by atoms with Crippen molar-refractivity contribution in [3.63, 3.8) is 0 Å². The molecular formula is C15H14Cl2N4O. The maximum atomic E-state index is 10.3. The van der Waals surface area contributed by atoms with Crippen molar-refractivity contribution >= 4 is 29.0 Å². The second-order valence-electron chi connectivity index (χ2n) is 4.78. The van der Waals surface area contributed by atoms with E-state index in [1.807, 2.05) is 0 Å². The highest BCUT2D eigenvalue weighted by Gasteiger charge is 2.17. The molecule has 0 spiro atoms. The van der Waals surface area contributed by atoms with Crippen molar-refractivity contribution in [1.29, 1.82) is 5.26 Å². The van der Waals surface area contributed by atoms with Gasteiger partial charge in [0.25, 0.3) is 0 Å². The second-order valence-corrected chi connectivity index (χ2v) is 5.59. The van der Waals surface area contributed by atoms with Gasteiger partial charge in [-0.05, 0) is 31.5 Å². The molecule has 0 aliphatic heterocycles. The van der Waals surface area contributed by atoms with E-state index < -0.39 is 6.10 Å². The number of aliphatic hydroxyl groups is 1. The van der Waals surface area contributed by atoms with E-state index in [-0.39, 0.29) is 6.54 Å². The topological polar surface area (TPSA) is 81.8 Å². The van der Waals surface area contributed by atoms with Gasteiger partial charge in [0.15, 0.2) is 5.82 Å². The largest absolute Gasteiger partial charge is 0.386 e. The molecule has 1 atom stereocenters. The Morgan fingerprint density at radius 1 is 1.27 bits per heavy atom. The molecule has 1 aromatic heterocycles. The van der Waals surface area contributed by atoms with Crippen LogP contribution in [0.3, 0.4) is 0 Å². The van der Waals surface area contributed by atoms with Crippen LogP contribution in [0.25, 0.3) is 0 Å². The highest BCUT2D eigenvalue weighted by atomic mass is 35.5. The fraction of sp³-hybridized carbons (Fsp3) is 0.267. The third kappa shape index (κ3) is 3.30. The summed E-state index contributed by atoms with van der Waals surface area (Å²) < 4.78 is 0. The summed E-state index contributed by atoms with van der Waals surface area (Å²) in [4.78, 5) is 0. The molecule has 0 radical (unpaired) electrons. The van der Waals surface area contributed by atoms with E-state index in [1.54, 1.807) is 32.0 Å². The normalized spacial score (nSPS) is 11.8. The van der Waals surface area contributed by atoms with Gasteiger partial charge in [-0.1, -0.05) is 29.3 Å². The van der Waals surface area contributed by atoms with E-state index in [1.165, 1.54) is 0 Å². The minimum atomic E-state index is -0.934. The molecule has 2 rings (SSSR count). The lowest BCUT2D eigenvalue weighted by atomic mass is 10.1. The first-order valence-corrected chi connectivity index (χ1v) is 7.31. The Labute approximate surface area is 138 Å². The molecule has 1 unspecified atom stereocenters. The molecule has 0 amide bonds. The van der Waals surface area contributed by atoms with Crippen LogP contribution >= 0.6 is 23.2 Å². The summed E-state index contributed by atoms with van der Waals surface area (Å²) in [5.74, 6) is 0.327. The number of hydrogen-bond donors (Lipinski definition) is 2. The molecule has 0 saturated carbocycles. The lowest BCUT2D eigenvalue weighted by Gasteiger charge is -2.16. The van der Waals surface area contributed by atoms with Gasteiger partial charge in [-0.25, -0.2) is 0 Å². The molecule has 1 aromatic carbocycles. The van der Waals surface area contributed by atoms with Crippen LogP contribution in [-0.2, 0) is 0 Å². The van der Waals surface area contributed by atoms with Crippen molar-refractivity contribution in [3.05, 3.63) is 50.6 Å². The summed E-state index contributed by atoms with van der Waals surface area (Å²) in [6.07, 6.45) is -0.934. The number of anilines is 1. The number of rotatable bonds is 4. The van der Waals surface area contributed by atoms with Crippen LogP contribution in [0.2, 0.25) is 10.0 Å². The van der Waals surface area contributed by atoms with Crippen LogP contribution in [0, 0.1) is 25.2 Å². The van der Waals surface area contributed by atoms with Gasteiger partial charge in [0.05, 0.1) is 11.8 Å². The fourth-order valence-corrected chi connectivity index (χ4v) is 2.64.